The van der Waals surface area contributed by atoms with Crippen molar-refractivity contribution in [3.8, 4) is 0 Å². The molecule has 1 atom stereocenters. The van der Waals surface area contributed by atoms with Gasteiger partial charge in [0.25, 0.3) is 0 Å². The molecule has 62 valence electrons. The quantitative estimate of drug-likeness (QED) is 0.683. The van der Waals surface area contributed by atoms with Gasteiger partial charge in [-0.3, -0.25) is 0 Å². The van der Waals surface area contributed by atoms with Crippen molar-refractivity contribution in [1.82, 2.24) is 0 Å². The van der Waals surface area contributed by atoms with E-state index in [0.29, 0.717) is 0 Å². The number of rotatable bonds is 4. The second-order valence-electron chi connectivity index (χ2n) is 1.80. The fourth-order valence-electron chi connectivity index (χ4n) is 0.398. The van der Waals surface area contributed by atoms with Crippen molar-refractivity contribution in [2.45, 2.75) is 0 Å². The number of allylic oxidation sites excluding steroid dienone is 4. The Morgan fingerprint density at radius 3 is 2.55 bits per heavy atom. The van der Waals surface area contributed by atoms with E-state index in [9.17, 15) is 4.21 Å². The van der Waals surface area contributed by atoms with E-state index in [0.717, 1.165) is 0 Å². The highest BCUT2D eigenvalue weighted by Crippen LogP contribution is 1.85. The fraction of sp³-hybridized carbons (Fsp3) is 0.143. The van der Waals surface area contributed by atoms with Gasteiger partial charge in [0.05, 0.1) is 5.75 Å². The van der Waals surface area contributed by atoms with Crippen molar-refractivity contribution >= 4 is 20.0 Å². The monoisotopic (exact) mass is 190 g/mol. The van der Waals surface area contributed by atoms with Crippen LogP contribution in [-0.2, 0) is 20.0 Å². The first-order valence-corrected chi connectivity index (χ1v) is 5.56. The molecular formula is C7H10O2S2. The maximum Gasteiger partial charge on any atom is 0.145 e. The fourth-order valence-corrected chi connectivity index (χ4v) is 0.988. The van der Waals surface area contributed by atoms with Crippen LogP contribution in [0.25, 0.3) is 0 Å². The van der Waals surface area contributed by atoms with Gasteiger partial charge in [0.15, 0.2) is 0 Å². The molecule has 0 aliphatic carbocycles. The van der Waals surface area contributed by atoms with E-state index in [1.165, 1.54) is 0 Å². The van der Waals surface area contributed by atoms with Crippen LogP contribution in [0.15, 0.2) is 37.0 Å². The van der Waals surface area contributed by atoms with Crippen molar-refractivity contribution in [2.24, 2.45) is 0 Å². The lowest BCUT2D eigenvalue weighted by atomic mass is 10.4. The topological polar surface area (TPSA) is 37.3 Å². The highest BCUT2D eigenvalue weighted by molar-refractivity contribution is 8.29. The number of hydrogen-bond acceptors (Lipinski definition) is 2. The van der Waals surface area contributed by atoms with Gasteiger partial charge in [-0.2, -0.15) is 0 Å². The van der Waals surface area contributed by atoms with Gasteiger partial charge < -0.3 is 4.55 Å². The lowest BCUT2D eigenvalue weighted by Gasteiger charge is -1.88. The Labute approximate surface area is 71.8 Å². The molecule has 0 heterocycles. The summed E-state index contributed by atoms with van der Waals surface area (Å²) in [5.41, 5.74) is 0. The maximum absolute atomic E-state index is 10.5. The van der Waals surface area contributed by atoms with Gasteiger partial charge in [-0.25, -0.2) is 4.21 Å². The molecule has 0 rings (SSSR count). The van der Waals surface area contributed by atoms with Gasteiger partial charge in [0.2, 0.25) is 0 Å². The van der Waals surface area contributed by atoms with Crippen molar-refractivity contribution in [3.05, 3.63) is 37.0 Å². The first kappa shape index (κ1) is 10.6. The first-order valence-electron chi connectivity index (χ1n) is 2.95. The molecule has 0 radical (unpaired) electrons. The maximum atomic E-state index is 10.5. The van der Waals surface area contributed by atoms with Gasteiger partial charge in [-0.15, -0.1) is 0 Å². The summed E-state index contributed by atoms with van der Waals surface area (Å²) >= 11 is 4.25. The van der Waals surface area contributed by atoms with Crippen LogP contribution in [0.4, 0.5) is 0 Å². The Bertz CT molecular complexity index is 260. The molecule has 0 spiro atoms. The molecule has 0 saturated heterocycles. The summed E-state index contributed by atoms with van der Waals surface area (Å²) in [6, 6.07) is 0. The zero-order valence-corrected chi connectivity index (χ0v) is 7.61. The van der Waals surface area contributed by atoms with Gasteiger partial charge in [0.1, 0.15) is 8.77 Å². The minimum Gasteiger partial charge on any atom is -0.305 e. The second kappa shape index (κ2) is 5.23. The molecule has 0 saturated carbocycles. The largest absolute Gasteiger partial charge is 0.305 e. The Balaban J connectivity index is 3.80. The van der Waals surface area contributed by atoms with Crippen LogP contribution in [0.1, 0.15) is 0 Å². The van der Waals surface area contributed by atoms with Crippen molar-refractivity contribution < 1.29 is 8.76 Å². The van der Waals surface area contributed by atoms with Gasteiger partial charge >= 0.3 is 0 Å². The first-order chi connectivity index (χ1) is 5.06. The summed E-state index contributed by atoms with van der Waals surface area (Å²) in [4.78, 5) is 0. The van der Waals surface area contributed by atoms with E-state index >= 15 is 0 Å². The predicted molar refractivity (Wildman–Crippen MR) is 51.5 cm³/mol. The third kappa shape index (κ3) is 9.55. The van der Waals surface area contributed by atoms with Crippen LogP contribution < -0.4 is 0 Å². The molecule has 0 fully saturated rings. The molecular weight excluding hydrogens is 180 g/mol. The average Bonchev–Trinajstić information content (AvgIpc) is 1.85. The van der Waals surface area contributed by atoms with E-state index in [1.807, 2.05) is 0 Å². The van der Waals surface area contributed by atoms with E-state index in [1.54, 1.807) is 30.4 Å². The SMILES string of the molecule is C=C/C=C\C=C/CS(=O)(O)=S. The smallest absolute Gasteiger partial charge is 0.145 e. The van der Waals surface area contributed by atoms with Crippen LogP contribution in [0.2, 0.25) is 0 Å². The Kier molecular flexibility index (Phi) is 5.02. The Morgan fingerprint density at radius 1 is 1.45 bits per heavy atom. The summed E-state index contributed by atoms with van der Waals surface area (Å²) in [6.45, 7) is 3.46. The molecule has 2 nitrogen and oxygen atoms in total. The molecule has 0 bridgehead atoms. The molecule has 11 heavy (non-hydrogen) atoms. The third-order valence-electron chi connectivity index (χ3n) is 0.801. The summed E-state index contributed by atoms with van der Waals surface area (Å²) in [5, 5.41) is 0. The number of hydrogen-bond donors (Lipinski definition) is 1. The van der Waals surface area contributed by atoms with Crippen LogP contribution in [0.5, 0.6) is 0 Å². The molecule has 0 aromatic rings. The standard InChI is InChI=1S/C7H10O2S2/c1-2-3-4-5-6-7-11(8,9)10/h2-6H,1,7H2,(H,8,9,10)/b4-3-,6-5-. The summed E-state index contributed by atoms with van der Waals surface area (Å²) in [7, 11) is -3.02. The van der Waals surface area contributed by atoms with Crippen molar-refractivity contribution in [2.75, 3.05) is 5.75 Å². The minimum absolute atomic E-state index is 0.0177. The molecule has 4 heteroatoms. The summed E-state index contributed by atoms with van der Waals surface area (Å²) < 4.78 is 19.1. The van der Waals surface area contributed by atoms with E-state index in [4.69, 9.17) is 4.55 Å². The predicted octanol–water partition coefficient (Wildman–Crippen LogP) is 1.50. The van der Waals surface area contributed by atoms with E-state index in [-0.39, 0.29) is 5.75 Å². The van der Waals surface area contributed by atoms with Gasteiger partial charge in [-0.1, -0.05) is 37.0 Å². The van der Waals surface area contributed by atoms with Crippen molar-refractivity contribution in [1.29, 1.82) is 0 Å². The van der Waals surface area contributed by atoms with Crippen molar-refractivity contribution in [3.63, 3.8) is 0 Å². The highest BCUT2D eigenvalue weighted by Gasteiger charge is 1.91. The zero-order valence-electron chi connectivity index (χ0n) is 5.97. The Morgan fingerprint density at radius 2 is 2.09 bits per heavy atom. The molecule has 0 aromatic heterocycles. The highest BCUT2D eigenvalue weighted by atomic mass is 32.8. The second-order valence-corrected chi connectivity index (χ2v) is 4.86. The molecule has 1 N–H and O–H groups in total. The minimum atomic E-state index is -3.02. The van der Waals surface area contributed by atoms with E-state index in [2.05, 4.69) is 17.8 Å². The summed E-state index contributed by atoms with van der Waals surface area (Å²) in [6.07, 6.45) is 8.26. The van der Waals surface area contributed by atoms with Crippen LogP contribution >= 0.6 is 0 Å². The lowest BCUT2D eigenvalue weighted by Crippen LogP contribution is -1.97. The molecule has 0 aliphatic heterocycles. The summed E-state index contributed by atoms with van der Waals surface area (Å²) in [5.74, 6) is 0.0177. The molecule has 0 aliphatic rings. The van der Waals surface area contributed by atoms with E-state index < -0.39 is 8.77 Å². The molecule has 0 aromatic carbocycles. The normalized spacial score (nSPS) is 17.2. The molecule has 1 unspecified atom stereocenters. The molecule has 0 amide bonds. The van der Waals surface area contributed by atoms with Crippen LogP contribution in [0.3, 0.4) is 0 Å². The zero-order chi connectivity index (χ0) is 8.74. The van der Waals surface area contributed by atoms with Crippen LogP contribution in [-0.4, -0.2) is 14.5 Å². The average molecular weight is 190 g/mol. The van der Waals surface area contributed by atoms with Crippen LogP contribution in [0, 0.1) is 0 Å². The lowest BCUT2D eigenvalue weighted by molar-refractivity contribution is 0.565. The van der Waals surface area contributed by atoms with Gasteiger partial charge in [0, 0.05) is 11.2 Å². The third-order valence-corrected chi connectivity index (χ3v) is 1.82. The van der Waals surface area contributed by atoms with Gasteiger partial charge in [-0.05, 0) is 0 Å². The Hall–Kier alpha value is -0.450.